The lowest BCUT2D eigenvalue weighted by Crippen LogP contribution is -2.53. The van der Waals surface area contributed by atoms with Crippen LogP contribution >= 0.6 is 34.8 Å². The molecule has 0 aromatic heterocycles. The number of para-hydroxylation sites is 1. The smallest absolute Gasteiger partial charge is 0.264 e. The van der Waals surface area contributed by atoms with Crippen molar-refractivity contribution in [3.8, 4) is 0 Å². The van der Waals surface area contributed by atoms with Crippen molar-refractivity contribution >= 4 is 62.3 Å². The van der Waals surface area contributed by atoms with E-state index in [4.69, 9.17) is 34.8 Å². The molecular weight excluding hydrogens is 581 g/mol. The molecule has 11 heteroatoms. The minimum absolute atomic E-state index is 0.00148. The molecule has 0 radical (unpaired) electrons. The SMILES string of the molecule is CCC(C(=O)NC(C)C)N(Cc1ccc(Cl)c(Cl)c1)C(=O)CN(c1ccccc1Cl)S(=O)(=O)c1ccccc1. The van der Waals surface area contributed by atoms with Crippen LogP contribution in [0.1, 0.15) is 32.8 Å². The van der Waals surface area contributed by atoms with Gasteiger partial charge in [0.15, 0.2) is 0 Å². The molecule has 2 amide bonds. The van der Waals surface area contributed by atoms with E-state index in [1.165, 1.54) is 23.1 Å². The summed E-state index contributed by atoms with van der Waals surface area (Å²) in [4.78, 5) is 28.5. The van der Waals surface area contributed by atoms with Gasteiger partial charge in [-0.15, -0.1) is 0 Å². The summed E-state index contributed by atoms with van der Waals surface area (Å²) < 4.78 is 28.5. The first-order valence-corrected chi connectivity index (χ1v) is 14.9. The number of carbonyl (C=O) groups excluding carboxylic acids is 2. The molecule has 1 atom stereocenters. The molecule has 0 fully saturated rings. The van der Waals surface area contributed by atoms with Gasteiger partial charge in [0.2, 0.25) is 11.8 Å². The molecule has 0 aliphatic carbocycles. The van der Waals surface area contributed by atoms with Crippen molar-refractivity contribution in [2.45, 2.75) is 50.7 Å². The second-order valence-electron chi connectivity index (χ2n) is 9.13. The van der Waals surface area contributed by atoms with Gasteiger partial charge >= 0.3 is 0 Å². The molecule has 0 spiro atoms. The fourth-order valence-electron chi connectivity index (χ4n) is 4.02. The summed E-state index contributed by atoms with van der Waals surface area (Å²) in [6, 6.07) is 18.1. The number of nitrogens with one attached hydrogen (secondary N) is 1. The number of anilines is 1. The van der Waals surface area contributed by atoms with Crippen molar-refractivity contribution in [2.24, 2.45) is 0 Å². The van der Waals surface area contributed by atoms with Crippen LogP contribution in [0.2, 0.25) is 15.1 Å². The van der Waals surface area contributed by atoms with Crippen LogP contribution in [-0.2, 0) is 26.2 Å². The Morgan fingerprint density at radius 3 is 2.10 bits per heavy atom. The first-order valence-electron chi connectivity index (χ1n) is 12.3. The molecule has 0 bridgehead atoms. The quantitative estimate of drug-likeness (QED) is 0.281. The minimum Gasteiger partial charge on any atom is -0.352 e. The van der Waals surface area contributed by atoms with Gasteiger partial charge in [-0.05, 0) is 62.2 Å². The summed E-state index contributed by atoms with van der Waals surface area (Å²) in [5, 5.41) is 3.66. The summed E-state index contributed by atoms with van der Waals surface area (Å²) in [5.74, 6) is -0.942. The average molecular weight is 611 g/mol. The van der Waals surface area contributed by atoms with Crippen molar-refractivity contribution < 1.29 is 18.0 Å². The zero-order chi connectivity index (χ0) is 28.7. The Kier molecular flexibility index (Phi) is 10.7. The Labute approximate surface area is 244 Å². The van der Waals surface area contributed by atoms with Crippen molar-refractivity contribution in [1.82, 2.24) is 10.2 Å². The fourth-order valence-corrected chi connectivity index (χ4v) is 6.08. The number of hydrogen-bond acceptors (Lipinski definition) is 4. The summed E-state index contributed by atoms with van der Waals surface area (Å²) in [6.07, 6.45) is 0.295. The molecule has 1 N–H and O–H groups in total. The minimum atomic E-state index is -4.20. The van der Waals surface area contributed by atoms with Gasteiger partial charge in [0.25, 0.3) is 10.0 Å². The van der Waals surface area contributed by atoms with Gasteiger partial charge in [0, 0.05) is 12.6 Å². The number of carbonyl (C=O) groups is 2. The zero-order valence-electron chi connectivity index (χ0n) is 21.8. The van der Waals surface area contributed by atoms with Crippen LogP contribution in [0.3, 0.4) is 0 Å². The normalized spacial score (nSPS) is 12.2. The second-order valence-corrected chi connectivity index (χ2v) is 12.2. The molecule has 0 aliphatic heterocycles. The molecule has 0 aliphatic rings. The van der Waals surface area contributed by atoms with E-state index >= 15 is 0 Å². The fraction of sp³-hybridized carbons (Fsp3) is 0.286. The maximum absolute atomic E-state index is 14.0. The van der Waals surface area contributed by atoms with Crippen LogP contribution in [-0.4, -0.2) is 43.8 Å². The molecule has 3 rings (SSSR count). The lowest BCUT2D eigenvalue weighted by atomic mass is 10.1. The molecule has 3 aromatic rings. The Hall–Kier alpha value is -2.78. The number of halogens is 3. The Morgan fingerprint density at radius 1 is 0.872 bits per heavy atom. The average Bonchev–Trinajstić information content (AvgIpc) is 2.89. The van der Waals surface area contributed by atoms with E-state index in [0.717, 1.165) is 4.31 Å². The highest BCUT2D eigenvalue weighted by Crippen LogP contribution is 2.31. The van der Waals surface area contributed by atoms with Gasteiger partial charge in [0.1, 0.15) is 12.6 Å². The molecule has 208 valence electrons. The number of nitrogens with zero attached hydrogens (tertiary/aromatic N) is 2. The third-order valence-electron chi connectivity index (χ3n) is 5.88. The molecule has 0 saturated heterocycles. The van der Waals surface area contributed by atoms with Crippen LogP contribution in [0.4, 0.5) is 5.69 Å². The third-order valence-corrected chi connectivity index (χ3v) is 8.72. The summed E-state index contributed by atoms with van der Waals surface area (Å²) in [5.41, 5.74) is 0.772. The maximum atomic E-state index is 14.0. The third kappa shape index (κ3) is 7.66. The highest BCUT2D eigenvalue weighted by molar-refractivity contribution is 7.92. The van der Waals surface area contributed by atoms with E-state index in [1.54, 1.807) is 61.5 Å². The summed E-state index contributed by atoms with van der Waals surface area (Å²) in [6.45, 7) is 4.84. The highest BCUT2D eigenvalue weighted by atomic mass is 35.5. The monoisotopic (exact) mass is 609 g/mol. The first kappa shape index (κ1) is 30.8. The molecule has 39 heavy (non-hydrogen) atoms. The maximum Gasteiger partial charge on any atom is 0.264 e. The van der Waals surface area contributed by atoms with E-state index in [2.05, 4.69) is 5.32 Å². The molecule has 1 unspecified atom stereocenters. The highest BCUT2D eigenvalue weighted by Gasteiger charge is 2.34. The second kappa shape index (κ2) is 13.5. The molecule has 0 saturated carbocycles. The van der Waals surface area contributed by atoms with Crippen molar-refractivity contribution in [2.75, 3.05) is 10.8 Å². The van der Waals surface area contributed by atoms with Gasteiger partial charge in [0.05, 0.1) is 25.7 Å². The van der Waals surface area contributed by atoms with Gasteiger partial charge in [-0.2, -0.15) is 0 Å². The number of benzene rings is 3. The van der Waals surface area contributed by atoms with Crippen LogP contribution in [0.25, 0.3) is 0 Å². The van der Waals surface area contributed by atoms with Gasteiger partial charge in [-0.25, -0.2) is 8.42 Å². The van der Waals surface area contributed by atoms with Crippen LogP contribution in [0, 0.1) is 0 Å². The topological polar surface area (TPSA) is 86.8 Å². The Bertz CT molecular complexity index is 1420. The van der Waals surface area contributed by atoms with Crippen molar-refractivity contribution in [3.05, 3.63) is 93.4 Å². The summed E-state index contributed by atoms with van der Waals surface area (Å²) in [7, 11) is -4.20. The first-order chi connectivity index (χ1) is 18.4. The summed E-state index contributed by atoms with van der Waals surface area (Å²) >= 11 is 18.7. The number of amides is 2. The molecular formula is C28H30Cl3N3O4S. The van der Waals surface area contributed by atoms with Crippen LogP contribution in [0.5, 0.6) is 0 Å². The van der Waals surface area contributed by atoms with E-state index in [-0.39, 0.29) is 34.1 Å². The van der Waals surface area contributed by atoms with Crippen LogP contribution in [0.15, 0.2) is 77.7 Å². The lowest BCUT2D eigenvalue weighted by molar-refractivity contribution is -0.140. The number of hydrogen-bond donors (Lipinski definition) is 1. The van der Waals surface area contributed by atoms with E-state index in [9.17, 15) is 18.0 Å². The van der Waals surface area contributed by atoms with E-state index in [1.807, 2.05) is 13.8 Å². The standard InChI is InChI=1S/C28H30Cl3N3O4S/c1-4-25(28(36)32-19(2)3)33(17-20-14-15-22(29)24(31)16-20)27(35)18-34(26-13-9-8-12-23(26)30)39(37,38)21-10-6-5-7-11-21/h5-16,19,25H,4,17-18H2,1-3H3,(H,32,36). The lowest BCUT2D eigenvalue weighted by Gasteiger charge is -2.33. The van der Waals surface area contributed by atoms with Gasteiger partial charge < -0.3 is 10.2 Å². The van der Waals surface area contributed by atoms with Gasteiger partial charge in [-0.1, -0.05) is 78.1 Å². The van der Waals surface area contributed by atoms with Crippen LogP contribution < -0.4 is 9.62 Å². The Morgan fingerprint density at radius 2 is 1.51 bits per heavy atom. The van der Waals surface area contributed by atoms with Gasteiger partial charge in [-0.3, -0.25) is 13.9 Å². The molecule has 0 heterocycles. The van der Waals surface area contributed by atoms with Crippen molar-refractivity contribution in [1.29, 1.82) is 0 Å². The molecule has 7 nitrogen and oxygen atoms in total. The zero-order valence-corrected chi connectivity index (χ0v) is 24.9. The molecule has 3 aromatic carbocycles. The predicted molar refractivity (Wildman–Crippen MR) is 157 cm³/mol. The van der Waals surface area contributed by atoms with E-state index < -0.39 is 28.5 Å². The van der Waals surface area contributed by atoms with Crippen molar-refractivity contribution in [3.63, 3.8) is 0 Å². The Balaban J connectivity index is 2.08. The van der Waals surface area contributed by atoms with E-state index in [0.29, 0.717) is 22.0 Å². The number of rotatable bonds is 11. The largest absolute Gasteiger partial charge is 0.352 e. The predicted octanol–water partition coefficient (Wildman–Crippen LogP) is 6.17. The number of sulfonamides is 1.